The van der Waals surface area contributed by atoms with E-state index in [0.29, 0.717) is 30.3 Å². The summed E-state index contributed by atoms with van der Waals surface area (Å²) in [6.07, 6.45) is 2.77. The Labute approximate surface area is 165 Å². The molecular weight excluding hydrogens is 358 g/mol. The highest BCUT2D eigenvalue weighted by Gasteiger charge is 2.31. The highest BCUT2D eigenvalue weighted by molar-refractivity contribution is 5.95. The molecule has 2 aromatic carbocycles. The zero-order valence-electron chi connectivity index (χ0n) is 16.3. The summed E-state index contributed by atoms with van der Waals surface area (Å²) in [4.78, 5) is 15.1. The fourth-order valence-corrected chi connectivity index (χ4v) is 3.88. The van der Waals surface area contributed by atoms with E-state index in [2.05, 4.69) is 0 Å². The van der Waals surface area contributed by atoms with Gasteiger partial charge in [-0.3, -0.25) is 4.79 Å². The number of amides is 1. The van der Waals surface area contributed by atoms with Gasteiger partial charge in [0.15, 0.2) is 23.0 Å². The second-order valence-electron chi connectivity index (χ2n) is 6.98. The van der Waals surface area contributed by atoms with Gasteiger partial charge in [0.1, 0.15) is 0 Å². The molecule has 1 fully saturated rings. The molecule has 0 aromatic heterocycles. The zero-order chi connectivity index (χ0) is 19.5. The maximum Gasteiger partial charge on any atom is 0.254 e. The van der Waals surface area contributed by atoms with E-state index in [9.17, 15) is 4.79 Å². The first-order valence-corrected chi connectivity index (χ1v) is 9.64. The number of nitrogens with zero attached hydrogens (tertiary/aromatic N) is 1. The largest absolute Gasteiger partial charge is 0.493 e. The fraction of sp³-hybridized carbons (Fsp3) is 0.409. The molecule has 2 aromatic rings. The summed E-state index contributed by atoms with van der Waals surface area (Å²) in [7, 11) is 3.16. The van der Waals surface area contributed by atoms with Gasteiger partial charge in [-0.1, -0.05) is 6.07 Å². The van der Waals surface area contributed by atoms with Crippen molar-refractivity contribution < 1.29 is 23.7 Å². The SMILES string of the molecule is COc1ccc(C(=O)N2CCCC2c2ccc3c(c2)OCCCO3)cc1OC. The average Bonchev–Trinajstić information content (AvgIpc) is 3.11. The van der Waals surface area contributed by atoms with Crippen molar-refractivity contribution in [1.82, 2.24) is 4.90 Å². The normalized spacial score (nSPS) is 18.5. The van der Waals surface area contributed by atoms with Gasteiger partial charge in [-0.05, 0) is 48.7 Å². The molecule has 2 heterocycles. The molecular formula is C22H25NO5. The van der Waals surface area contributed by atoms with E-state index < -0.39 is 0 Å². The van der Waals surface area contributed by atoms with Gasteiger partial charge in [0.05, 0.1) is 33.5 Å². The first-order valence-electron chi connectivity index (χ1n) is 9.64. The van der Waals surface area contributed by atoms with Crippen LogP contribution in [0.15, 0.2) is 36.4 Å². The van der Waals surface area contributed by atoms with Crippen LogP contribution in [-0.2, 0) is 0 Å². The van der Waals surface area contributed by atoms with Crippen LogP contribution in [0.2, 0.25) is 0 Å². The van der Waals surface area contributed by atoms with Crippen LogP contribution in [0.4, 0.5) is 0 Å². The lowest BCUT2D eigenvalue weighted by molar-refractivity contribution is 0.0735. The fourth-order valence-electron chi connectivity index (χ4n) is 3.88. The molecule has 28 heavy (non-hydrogen) atoms. The van der Waals surface area contributed by atoms with Gasteiger partial charge in [-0.2, -0.15) is 0 Å². The first kappa shape index (κ1) is 18.5. The molecule has 0 spiro atoms. The van der Waals surface area contributed by atoms with Crippen molar-refractivity contribution in [2.75, 3.05) is 34.0 Å². The quantitative estimate of drug-likeness (QED) is 0.803. The first-order chi connectivity index (χ1) is 13.7. The van der Waals surface area contributed by atoms with E-state index in [1.54, 1.807) is 32.4 Å². The number of carbonyl (C=O) groups excluding carboxylic acids is 1. The second kappa shape index (κ2) is 8.00. The Bertz CT molecular complexity index is 866. The number of hydrogen-bond acceptors (Lipinski definition) is 5. The average molecular weight is 383 g/mol. The van der Waals surface area contributed by atoms with E-state index in [-0.39, 0.29) is 11.9 Å². The monoisotopic (exact) mass is 383 g/mol. The topological polar surface area (TPSA) is 57.2 Å². The number of likely N-dealkylation sites (tertiary alicyclic amines) is 1. The lowest BCUT2D eigenvalue weighted by Gasteiger charge is -2.26. The van der Waals surface area contributed by atoms with Crippen LogP contribution in [0, 0.1) is 0 Å². The molecule has 1 saturated heterocycles. The van der Waals surface area contributed by atoms with Gasteiger partial charge in [0, 0.05) is 18.5 Å². The Kier molecular flexibility index (Phi) is 5.28. The lowest BCUT2D eigenvalue weighted by Crippen LogP contribution is -2.30. The minimum absolute atomic E-state index is 0.00411. The smallest absolute Gasteiger partial charge is 0.254 e. The summed E-state index contributed by atoms with van der Waals surface area (Å²) >= 11 is 0. The van der Waals surface area contributed by atoms with Crippen molar-refractivity contribution in [3.63, 3.8) is 0 Å². The van der Waals surface area contributed by atoms with Crippen molar-refractivity contribution in [2.45, 2.75) is 25.3 Å². The van der Waals surface area contributed by atoms with Gasteiger partial charge >= 0.3 is 0 Å². The number of methoxy groups -OCH3 is 2. The van der Waals surface area contributed by atoms with E-state index in [1.165, 1.54) is 0 Å². The van der Waals surface area contributed by atoms with Crippen LogP contribution in [0.1, 0.15) is 41.2 Å². The van der Waals surface area contributed by atoms with Gasteiger partial charge in [0.2, 0.25) is 0 Å². The molecule has 2 aliphatic rings. The third-order valence-electron chi connectivity index (χ3n) is 5.30. The van der Waals surface area contributed by atoms with Crippen molar-refractivity contribution in [1.29, 1.82) is 0 Å². The maximum atomic E-state index is 13.2. The molecule has 0 bridgehead atoms. The minimum Gasteiger partial charge on any atom is -0.493 e. The van der Waals surface area contributed by atoms with E-state index in [1.807, 2.05) is 23.1 Å². The predicted octanol–water partition coefficient (Wildman–Crippen LogP) is 3.84. The number of carbonyl (C=O) groups is 1. The Morgan fingerprint density at radius 3 is 2.54 bits per heavy atom. The minimum atomic E-state index is -0.00411. The van der Waals surface area contributed by atoms with Crippen molar-refractivity contribution in [2.24, 2.45) is 0 Å². The molecule has 0 saturated carbocycles. The Morgan fingerprint density at radius 2 is 1.75 bits per heavy atom. The second-order valence-corrected chi connectivity index (χ2v) is 6.98. The summed E-state index contributed by atoms with van der Waals surface area (Å²) in [5.74, 6) is 2.70. The van der Waals surface area contributed by atoms with E-state index in [4.69, 9.17) is 18.9 Å². The summed E-state index contributed by atoms with van der Waals surface area (Å²) in [6, 6.07) is 11.3. The number of hydrogen-bond donors (Lipinski definition) is 0. The Hall–Kier alpha value is -2.89. The van der Waals surface area contributed by atoms with Crippen LogP contribution in [0.25, 0.3) is 0 Å². The van der Waals surface area contributed by atoms with Crippen LogP contribution >= 0.6 is 0 Å². The molecule has 6 nitrogen and oxygen atoms in total. The number of ether oxygens (including phenoxy) is 4. The number of benzene rings is 2. The summed E-state index contributed by atoms with van der Waals surface area (Å²) < 4.78 is 22.2. The highest BCUT2D eigenvalue weighted by atomic mass is 16.5. The van der Waals surface area contributed by atoms with Gasteiger partial charge in [-0.15, -0.1) is 0 Å². The maximum absolute atomic E-state index is 13.2. The van der Waals surface area contributed by atoms with E-state index in [0.717, 1.165) is 42.9 Å². The van der Waals surface area contributed by atoms with Crippen molar-refractivity contribution in [3.8, 4) is 23.0 Å². The predicted molar refractivity (Wildman–Crippen MR) is 105 cm³/mol. The van der Waals surface area contributed by atoms with Crippen LogP contribution in [-0.4, -0.2) is 44.8 Å². The number of rotatable bonds is 4. The molecule has 2 aliphatic heterocycles. The lowest BCUT2D eigenvalue weighted by atomic mass is 10.0. The highest BCUT2D eigenvalue weighted by Crippen LogP contribution is 2.39. The molecule has 1 unspecified atom stereocenters. The molecule has 1 atom stereocenters. The van der Waals surface area contributed by atoms with Crippen LogP contribution in [0.3, 0.4) is 0 Å². The third kappa shape index (κ3) is 3.46. The molecule has 0 N–H and O–H groups in total. The van der Waals surface area contributed by atoms with Crippen molar-refractivity contribution >= 4 is 5.91 Å². The van der Waals surface area contributed by atoms with Crippen LogP contribution < -0.4 is 18.9 Å². The molecule has 6 heteroatoms. The standard InChI is InChI=1S/C22H25NO5/c1-25-18-8-7-16(14-20(18)26-2)22(24)23-10-3-5-17(23)15-6-9-19-21(13-15)28-12-4-11-27-19/h6-9,13-14,17H,3-5,10-12H2,1-2H3. The molecule has 148 valence electrons. The number of fused-ring (bicyclic) bond motifs is 1. The molecule has 1 amide bonds. The molecule has 4 rings (SSSR count). The Morgan fingerprint density at radius 1 is 0.964 bits per heavy atom. The summed E-state index contributed by atoms with van der Waals surface area (Å²) in [5.41, 5.74) is 1.68. The van der Waals surface area contributed by atoms with Crippen molar-refractivity contribution in [3.05, 3.63) is 47.5 Å². The summed E-state index contributed by atoms with van der Waals surface area (Å²) in [5, 5.41) is 0. The molecule has 0 aliphatic carbocycles. The third-order valence-corrected chi connectivity index (χ3v) is 5.30. The zero-order valence-corrected chi connectivity index (χ0v) is 16.3. The van der Waals surface area contributed by atoms with Gasteiger partial charge in [-0.25, -0.2) is 0 Å². The van der Waals surface area contributed by atoms with Crippen LogP contribution in [0.5, 0.6) is 23.0 Å². The Balaban J connectivity index is 1.60. The molecule has 0 radical (unpaired) electrons. The van der Waals surface area contributed by atoms with E-state index >= 15 is 0 Å². The van der Waals surface area contributed by atoms with Gasteiger partial charge < -0.3 is 23.8 Å². The van der Waals surface area contributed by atoms with Gasteiger partial charge in [0.25, 0.3) is 5.91 Å². The summed E-state index contributed by atoms with van der Waals surface area (Å²) in [6.45, 7) is 2.04.